The van der Waals surface area contributed by atoms with E-state index in [2.05, 4.69) is 19.6 Å². The Morgan fingerprint density at radius 1 is 1.27 bits per heavy atom. The summed E-state index contributed by atoms with van der Waals surface area (Å²) in [6.45, 7) is 2.72. The SMILES string of the molecule is CC(CCS)CCN1C(=O)CCCC1=O. The van der Waals surface area contributed by atoms with Gasteiger partial charge in [-0.15, -0.1) is 0 Å². The average molecular weight is 229 g/mol. The van der Waals surface area contributed by atoms with E-state index in [-0.39, 0.29) is 11.8 Å². The molecule has 15 heavy (non-hydrogen) atoms. The third-order valence-corrected chi connectivity index (χ3v) is 3.11. The summed E-state index contributed by atoms with van der Waals surface area (Å²) in [6, 6.07) is 0. The number of rotatable bonds is 5. The van der Waals surface area contributed by atoms with Gasteiger partial charge < -0.3 is 0 Å². The lowest BCUT2D eigenvalue weighted by Gasteiger charge is -2.25. The maximum absolute atomic E-state index is 11.5. The highest BCUT2D eigenvalue weighted by Gasteiger charge is 2.25. The van der Waals surface area contributed by atoms with E-state index in [9.17, 15) is 9.59 Å². The van der Waals surface area contributed by atoms with E-state index in [0.29, 0.717) is 25.3 Å². The van der Waals surface area contributed by atoms with E-state index in [4.69, 9.17) is 0 Å². The molecule has 0 N–H and O–H groups in total. The number of hydrogen-bond acceptors (Lipinski definition) is 3. The summed E-state index contributed by atoms with van der Waals surface area (Å²) in [5, 5.41) is 0. The molecule has 0 radical (unpaired) electrons. The lowest BCUT2D eigenvalue weighted by molar-refractivity contribution is -0.148. The van der Waals surface area contributed by atoms with Gasteiger partial charge in [-0.25, -0.2) is 0 Å². The van der Waals surface area contributed by atoms with Crippen molar-refractivity contribution in [3.05, 3.63) is 0 Å². The molecule has 0 bridgehead atoms. The van der Waals surface area contributed by atoms with Crippen LogP contribution in [0.4, 0.5) is 0 Å². The number of imide groups is 1. The second kappa shape index (κ2) is 6.16. The highest BCUT2D eigenvalue weighted by molar-refractivity contribution is 7.80. The molecule has 1 rings (SSSR count). The van der Waals surface area contributed by atoms with Crippen molar-refractivity contribution in [1.82, 2.24) is 4.90 Å². The van der Waals surface area contributed by atoms with Gasteiger partial charge in [0.05, 0.1) is 0 Å². The van der Waals surface area contributed by atoms with Crippen molar-refractivity contribution in [3.8, 4) is 0 Å². The minimum absolute atomic E-state index is 0.00400. The van der Waals surface area contributed by atoms with Gasteiger partial charge in [-0.05, 0) is 30.9 Å². The van der Waals surface area contributed by atoms with E-state index in [1.54, 1.807) is 0 Å². The Hall–Kier alpha value is -0.510. The molecule has 0 aromatic carbocycles. The molecular formula is C11H19NO2S. The van der Waals surface area contributed by atoms with Gasteiger partial charge in [0, 0.05) is 19.4 Å². The lowest BCUT2D eigenvalue weighted by atomic mass is 10.0. The maximum Gasteiger partial charge on any atom is 0.229 e. The highest BCUT2D eigenvalue weighted by atomic mass is 32.1. The van der Waals surface area contributed by atoms with E-state index >= 15 is 0 Å². The molecular weight excluding hydrogens is 210 g/mol. The van der Waals surface area contributed by atoms with Gasteiger partial charge in [-0.2, -0.15) is 12.6 Å². The zero-order valence-corrected chi connectivity index (χ0v) is 10.1. The van der Waals surface area contributed by atoms with E-state index < -0.39 is 0 Å². The van der Waals surface area contributed by atoms with Gasteiger partial charge in [0.2, 0.25) is 11.8 Å². The first-order valence-corrected chi connectivity index (χ1v) is 6.22. The summed E-state index contributed by atoms with van der Waals surface area (Å²) in [5.74, 6) is 1.40. The predicted octanol–water partition coefficient (Wildman–Crippen LogP) is 1.87. The van der Waals surface area contributed by atoms with Crippen molar-refractivity contribution in [3.63, 3.8) is 0 Å². The topological polar surface area (TPSA) is 37.4 Å². The minimum Gasteiger partial charge on any atom is -0.283 e. The molecule has 1 atom stereocenters. The Kier molecular flexibility index (Phi) is 5.15. The standard InChI is InChI=1S/C11H19NO2S/c1-9(6-8-15)5-7-12-10(13)3-2-4-11(12)14/h9,15H,2-8H2,1H3. The van der Waals surface area contributed by atoms with Crippen LogP contribution in [0.5, 0.6) is 0 Å². The molecule has 0 aliphatic carbocycles. The minimum atomic E-state index is 0.00400. The molecule has 1 heterocycles. The van der Waals surface area contributed by atoms with Gasteiger partial charge in [-0.1, -0.05) is 6.92 Å². The van der Waals surface area contributed by atoms with Gasteiger partial charge in [0.25, 0.3) is 0 Å². The number of likely N-dealkylation sites (tertiary alicyclic amines) is 1. The molecule has 1 aliphatic heterocycles. The first-order chi connectivity index (χ1) is 7.15. The van der Waals surface area contributed by atoms with Crippen LogP contribution in [0.15, 0.2) is 0 Å². The number of piperidine rings is 1. The van der Waals surface area contributed by atoms with E-state index in [1.165, 1.54) is 4.90 Å². The first-order valence-electron chi connectivity index (χ1n) is 5.59. The Morgan fingerprint density at radius 2 is 1.87 bits per heavy atom. The summed E-state index contributed by atoms with van der Waals surface area (Å²) in [5.41, 5.74) is 0. The molecule has 3 nitrogen and oxygen atoms in total. The molecule has 86 valence electrons. The normalized spacial score (nSPS) is 19.5. The van der Waals surface area contributed by atoms with Crippen LogP contribution in [-0.2, 0) is 9.59 Å². The summed E-state index contributed by atoms with van der Waals surface area (Å²) in [7, 11) is 0. The molecule has 4 heteroatoms. The van der Waals surface area contributed by atoms with Crippen molar-refractivity contribution in [2.75, 3.05) is 12.3 Å². The molecule has 1 saturated heterocycles. The molecule has 0 spiro atoms. The highest BCUT2D eigenvalue weighted by Crippen LogP contribution is 2.15. The fourth-order valence-corrected chi connectivity index (χ4v) is 2.20. The van der Waals surface area contributed by atoms with Crippen LogP contribution >= 0.6 is 12.6 Å². The fourth-order valence-electron chi connectivity index (χ4n) is 1.76. The third-order valence-electron chi connectivity index (χ3n) is 2.85. The van der Waals surface area contributed by atoms with Crippen molar-refractivity contribution >= 4 is 24.4 Å². The quantitative estimate of drug-likeness (QED) is 0.577. The van der Waals surface area contributed by atoms with Gasteiger partial charge >= 0.3 is 0 Å². The van der Waals surface area contributed by atoms with Crippen LogP contribution in [0, 0.1) is 5.92 Å². The van der Waals surface area contributed by atoms with E-state index in [0.717, 1.165) is 25.0 Å². The van der Waals surface area contributed by atoms with Crippen LogP contribution in [0.2, 0.25) is 0 Å². The number of amides is 2. The van der Waals surface area contributed by atoms with Gasteiger partial charge in [-0.3, -0.25) is 14.5 Å². The largest absolute Gasteiger partial charge is 0.283 e. The van der Waals surface area contributed by atoms with Crippen molar-refractivity contribution in [2.24, 2.45) is 5.92 Å². The smallest absolute Gasteiger partial charge is 0.229 e. The van der Waals surface area contributed by atoms with Crippen LogP contribution < -0.4 is 0 Å². The predicted molar refractivity (Wildman–Crippen MR) is 62.8 cm³/mol. The summed E-state index contributed by atoms with van der Waals surface area (Å²) >= 11 is 4.17. The number of carbonyl (C=O) groups is 2. The molecule has 2 amide bonds. The number of carbonyl (C=O) groups excluding carboxylic acids is 2. The van der Waals surface area contributed by atoms with Crippen LogP contribution in [0.3, 0.4) is 0 Å². The Balaban J connectivity index is 2.35. The van der Waals surface area contributed by atoms with Crippen LogP contribution in [-0.4, -0.2) is 29.0 Å². The van der Waals surface area contributed by atoms with Gasteiger partial charge in [0.1, 0.15) is 0 Å². The zero-order valence-electron chi connectivity index (χ0n) is 9.24. The monoisotopic (exact) mass is 229 g/mol. The van der Waals surface area contributed by atoms with Gasteiger partial charge in [0.15, 0.2) is 0 Å². The fraction of sp³-hybridized carbons (Fsp3) is 0.818. The molecule has 0 aromatic heterocycles. The molecule has 1 aliphatic rings. The first kappa shape index (κ1) is 12.6. The van der Waals surface area contributed by atoms with Crippen LogP contribution in [0.25, 0.3) is 0 Å². The maximum atomic E-state index is 11.5. The van der Waals surface area contributed by atoms with Crippen molar-refractivity contribution in [1.29, 1.82) is 0 Å². The second-order valence-corrected chi connectivity index (χ2v) is 4.65. The van der Waals surface area contributed by atoms with Crippen molar-refractivity contribution < 1.29 is 9.59 Å². The summed E-state index contributed by atoms with van der Waals surface area (Å²) < 4.78 is 0. The molecule has 0 saturated carbocycles. The Labute approximate surface area is 96.6 Å². The number of thiol groups is 1. The number of hydrogen-bond donors (Lipinski definition) is 1. The van der Waals surface area contributed by atoms with Crippen LogP contribution in [0.1, 0.15) is 39.0 Å². The summed E-state index contributed by atoms with van der Waals surface area (Å²) in [6.07, 6.45) is 3.73. The second-order valence-electron chi connectivity index (χ2n) is 4.20. The third kappa shape index (κ3) is 3.86. The Morgan fingerprint density at radius 3 is 2.40 bits per heavy atom. The molecule has 0 aromatic rings. The zero-order chi connectivity index (χ0) is 11.3. The summed E-state index contributed by atoms with van der Waals surface area (Å²) in [4.78, 5) is 24.4. The average Bonchev–Trinajstić information content (AvgIpc) is 2.17. The van der Waals surface area contributed by atoms with Crippen molar-refractivity contribution in [2.45, 2.75) is 39.0 Å². The van der Waals surface area contributed by atoms with E-state index in [1.807, 2.05) is 0 Å². The lowest BCUT2D eigenvalue weighted by Crippen LogP contribution is -2.41. The molecule has 1 unspecified atom stereocenters. The number of nitrogens with zero attached hydrogens (tertiary/aromatic N) is 1. The Bertz CT molecular complexity index is 227. The molecule has 1 fully saturated rings.